The minimum atomic E-state index is 0.580. The predicted molar refractivity (Wildman–Crippen MR) is 51.4 cm³/mol. The maximum Gasteiger partial charge on any atom is 0.153 e. The lowest BCUT2D eigenvalue weighted by Gasteiger charge is -1.98. The van der Waals surface area contributed by atoms with Crippen molar-refractivity contribution < 1.29 is 0 Å². The summed E-state index contributed by atoms with van der Waals surface area (Å²) >= 11 is 11.4. The average molecular weight is 214 g/mol. The van der Waals surface area contributed by atoms with E-state index in [9.17, 15) is 0 Å². The Labute approximate surface area is 84.9 Å². The number of hydrogen-bond acceptors (Lipinski definition) is 2. The van der Waals surface area contributed by atoms with Crippen LogP contribution in [-0.2, 0) is 0 Å². The minimum absolute atomic E-state index is 0.580. The molecular formula is C8H5Cl2N3. The molecule has 0 atom stereocenters. The van der Waals surface area contributed by atoms with Crippen LogP contribution in [-0.4, -0.2) is 14.8 Å². The summed E-state index contributed by atoms with van der Waals surface area (Å²) in [7, 11) is 0. The molecule has 2 rings (SSSR count). The number of rotatable bonds is 1. The van der Waals surface area contributed by atoms with E-state index < -0.39 is 0 Å². The molecule has 0 bridgehead atoms. The number of nitrogens with zero attached hydrogens (tertiary/aromatic N) is 3. The molecular weight excluding hydrogens is 209 g/mol. The molecule has 0 fully saturated rings. The fourth-order valence-electron chi connectivity index (χ4n) is 0.930. The van der Waals surface area contributed by atoms with Gasteiger partial charge in [-0.2, -0.15) is 5.10 Å². The fraction of sp³-hybridized carbons (Fsp3) is 0. The second kappa shape index (κ2) is 3.36. The first-order chi connectivity index (χ1) is 6.25. The van der Waals surface area contributed by atoms with E-state index in [0.717, 1.165) is 0 Å². The molecule has 0 aliphatic heterocycles. The van der Waals surface area contributed by atoms with Crippen molar-refractivity contribution >= 4 is 23.2 Å². The van der Waals surface area contributed by atoms with Gasteiger partial charge >= 0.3 is 0 Å². The van der Waals surface area contributed by atoms with Crippen LogP contribution >= 0.6 is 23.2 Å². The van der Waals surface area contributed by atoms with Crippen molar-refractivity contribution in [3.05, 3.63) is 40.8 Å². The molecule has 0 amide bonds. The van der Waals surface area contributed by atoms with Crippen LogP contribution in [0.1, 0.15) is 0 Å². The van der Waals surface area contributed by atoms with Crippen LogP contribution in [0, 0.1) is 0 Å². The van der Waals surface area contributed by atoms with Gasteiger partial charge in [-0.1, -0.05) is 23.2 Å². The third-order valence-corrected chi connectivity index (χ3v) is 1.92. The lowest BCUT2D eigenvalue weighted by atomic mass is 10.5. The van der Waals surface area contributed by atoms with E-state index in [1.54, 1.807) is 35.4 Å². The Morgan fingerprint density at radius 3 is 2.46 bits per heavy atom. The Bertz CT molecular complexity index is 408. The summed E-state index contributed by atoms with van der Waals surface area (Å²) in [6, 6.07) is 3.52. The van der Waals surface area contributed by atoms with Crippen molar-refractivity contribution in [2.75, 3.05) is 0 Å². The van der Waals surface area contributed by atoms with E-state index in [1.807, 2.05) is 0 Å². The van der Waals surface area contributed by atoms with Gasteiger partial charge in [-0.25, -0.2) is 9.67 Å². The lowest BCUT2D eigenvalue weighted by Crippen LogP contribution is -1.96. The molecule has 2 aromatic rings. The number of halogens is 2. The van der Waals surface area contributed by atoms with Crippen LogP contribution in [0.2, 0.25) is 10.0 Å². The van der Waals surface area contributed by atoms with E-state index in [0.29, 0.717) is 15.9 Å². The monoisotopic (exact) mass is 213 g/mol. The summed E-state index contributed by atoms with van der Waals surface area (Å²) in [6.45, 7) is 0. The molecule has 0 aliphatic carbocycles. The Kier molecular flexibility index (Phi) is 2.20. The van der Waals surface area contributed by atoms with Crippen LogP contribution in [0.4, 0.5) is 0 Å². The van der Waals surface area contributed by atoms with Crippen molar-refractivity contribution in [1.82, 2.24) is 14.8 Å². The van der Waals surface area contributed by atoms with Gasteiger partial charge in [0.05, 0.1) is 22.4 Å². The van der Waals surface area contributed by atoms with Crippen LogP contribution in [0.25, 0.3) is 5.82 Å². The molecule has 66 valence electrons. The number of pyridine rings is 1. The van der Waals surface area contributed by atoms with Gasteiger partial charge in [0.1, 0.15) is 0 Å². The van der Waals surface area contributed by atoms with Gasteiger partial charge in [-0.3, -0.25) is 0 Å². The standard InChI is InChI=1S/C8H5Cl2N3/c9-6-1-2-8(11-3-6)13-5-7(10)4-12-13/h1-5H. The Balaban J connectivity index is 2.41. The molecule has 2 heterocycles. The summed E-state index contributed by atoms with van der Waals surface area (Å²) in [5, 5.41) is 5.17. The quantitative estimate of drug-likeness (QED) is 0.730. The molecule has 0 N–H and O–H groups in total. The first-order valence-corrected chi connectivity index (χ1v) is 4.33. The fourth-order valence-corrected chi connectivity index (χ4v) is 1.18. The van der Waals surface area contributed by atoms with E-state index in [4.69, 9.17) is 23.2 Å². The molecule has 2 aromatic heterocycles. The second-order valence-electron chi connectivity index (χ2n) is 2.44. The van der Waals surface area contributed by atoms with Crippen molar-refractivity contribution in [2.24, 2.45) is 0 Å². The average Bonchev–Trinajstić information content (AvgIpc) is 2.53. The molecule has 0 saturated carbocycles. The molecule has 5 heteroatoms. The van der Waals surface area contributed by atoms with Crippen molar-refractivity contribution in [2.45, 2.75) is 0 Å². The van der Waals surface area contributed by atoms with Gasteiger partial charge in [0.25, 0.3) is 0 Å². The summed E-state index contributed by atoms with van der Waals surface area (Å²) in [4.78, 5) is 4.07. The van der Waals surface area contributed by atoms with Crippen LogP contribution in [0.5, 0.6) is 0 Å². The van der Waals surface area contributed by atoms with E-state index in [1.165, 1.54) is 0 Å². The van der Waals surface area contributed by atoms with Crippen LogP contribution in [0.3, 0.4) is 0 Å². The third kappa shape index (κ3) is 1.82. The predicted octanol–water partition coefficient (Wildman–Crippen LogP) is 2.57. The molecule has 0 spiro atoms. The second-order valence-corrected chi connectivity index (χ2v) is 3.31. The molecule has 13 heavy (non-hydrogen) atoms. The Morgan fingerprint density at radius 2 is 1.92 bits per heavy atom. The highest BCUT2D eigenvalue weighted by atomic mass is 35.5. The first kappa shape index (κ1) is 8.53. The highest BCUT2D eigenvalue weighted by Gasteiger charge is 1.99. The highest BCUT2D eigenvalue weighted by molar-refractivity contribution is 6.30. The lowest BCUT2D eigenvalue weighted by molar-refractivity contribution is 0.847. The number of aromatic nitrogens is 3. The van der Waals surface area contributed by atoms with Crippen molar-refractivity contribution in [1.29, 1.82) is 0 Å². The van der Waals surface area contributed by atoms with E-state index in [2.05, 4.69) is 10.1 Å². The summed E-state index contributed by atoms with van der Waals surface area (Å²) in [6.07, 6.45) is 4.79. The maximum atomic E-state index is 5.70. The largest absolute Gasteiger partial charge is 0.236 e. The van der Waals surface area contributed by atoms with E-state index >= 15 is 0 Å². The maximum absolute atomic E-state index is 5.70. The molecule has 0 aromatic carbocycles. The zero-order valence-electron chi connectivity index (χ0n) is 6.48. The Morgan fingerprint density at radius 1 is 1.08 bits per heavy atom. The zero-order valence-corrected chi connectivity index (χ0v) is 8.00. The van der Waals surface area contributed by atoms with Crippen molar-refractivity contribution in [3.63, 3.8) is 0 Å². The van der Waals surface area contributed by atoms with Crippen LogP contribution in [0.15, 0.2) is 30.7 Å². The van der Waals surface area contributed by atoms with Crippen molar-refractivity contribution in [3.8, 4) is 5.82 Å². The van der Waals surface area contributed by atoms with Gasteiger partial charge in [0.2, 0.25) is 0 Å². The first-order valence-electron chi connectivity index (χ1n) is 3.58. The number of hydrogen-bond donors (Lipinski definition) is 0. The minimum Gasteiger partial charge on any atom is -0.236 e. The zero-order chi connectivity index (χ0) is 9.26. The van der Waals surface area contributed by atoms with E-state index in [-0.39, 0.29) is 0 Å². The van der Waals surface area contributed by atoms with Crippen LogP contribution < -0.4 is 0 Å². The smallest absolute Gasteiger partial charge is 0.153 e. The topological polar surface area (TPSA) is 30.7 Å². The van der Waals surface area contributed by atoms with Gasteiger partial charge in [0, 0.05) is 6.20 Å². The molecule has 0 unspecified atom stereocenters. The molecule has 0 radical (unpaired) electrons. The normalized spacial score (nSPS) is 10.3. The summed E-state index contributed by atoms with van der Waals surface area (Å²) in [5.74, 6) is 0.691. The van der Waals surface area contributed by atoms with Gasteiger partial charge in [-0.05, 0) is 12.1 Å². The Hall–Kier alpha value is -1.06. The SMILES string of the molecule is Clc1ccc(-n2cc(Cl)cn2)nc1. The van der Waals surface area contributed by atoms with Gasteiger partial charge in [0.15, 0.2) is 5.82 Å². The third-order valence-electron chi connectivity index (χ3n) is 1.50. The summed E-state index contributed by atoms with van der Waals surface area (Å²) < 4.78 is 1.58. The highest BCUT2D eigenvalue weighted by Crippen LogP contribution is 2.11. The van der Waals surface area contributed by atoms with Gasteiger partial charge < -0.3 is 0 Å². The molecule has 0 aliphatic rings. The molecule has 0 saturated heterocycles. The molecule has 3 nitrogen and oxygen atoms in total. The van der Waals surface area contributed by atoms with Gasteiger partial charge in [-0.15, -0.1) is 0 Å². The summed E-state index contributed by atoms with van der Waals surface area (Å²) in [5.41, 5.74) is 0.